The fourth-order valence-corrected chi connectivity index (χ4v) is 6.12. The average Bonchev–Trinajstić information content (AvgIpc) is 2.84. The first kappa shape index (κ1) is 24.6. The van der Waals surface area contributed by atoms with Gasteiger partial charge in [-0.25, -0.2) is 0 Å². The molecule has 2 aliphatic heterocycles. The quantitative estimate of drug-likeness (QED) is 0.484. The molecule has 8 heteroatoms. The molecule has 4 rings (SSSR count). The van der Waals surface area contributed by atoms with Crippen molar-refractivity contribution in [2.45, 2.75) is 56.3 Å². The Kier molecular flexibility index (Phi) is 8.37. The van der Waals surface area contributed by atoms with Crippen molar-refractivity contribution in [1.82, 2.24) is 10.2 Å². The van der Waals surface area contributed by atoms with Crippen LogP contribution < -0.4 is 11.1 Å². The zero-order chi connectivity index (χ0) is 23.4. The maximum absolute atomic E-state index is 9.13. The molecule has 0 aromatic heterocycles. The third kappa shape index (κ3) is 5.58. The molecule has 5 unspecified atom stereocenters. The molecule has 0 amide bonds. The molecule has 0 spiro atoms. The lowest BCUT2D eigenvalue weighted by atomic mass is 9.77. The summed E-state index contributed by atoms with van der Waals surface area (Å²) in [4.78, 5) is 7.45. The molecule has 33 heavy (non-hydrogen) atoms. The molecule has 6 atom stereocenters. The molecule has 3 aliphatic rings. The standard InChI is InChI=1S/C25H34ClN5OS/c1-16(31-12-11-29-18(14-31)9-10-27)20-15-32-23(13-22(20)30-25(28)33-2)19-7-3-5-17-6-4-8-21(26)24(17)19/h3-6,8,16,18-20,22-23,29H,7,9,11-15H2,1-2H3,(H2,28,30)/t16?,18-,19?,20?,22?,23?/m0/s1. The second kappa shape index (κ2) is 11.2. The Hall–Kier alpha value is -1.56. The van der Waals surface area contributed by atoms with Crippen LogP contribution in [0.1, 0.15) is 43.2 Å². The second-order valence-electron chi connectivity index (χ2n) is 9.25. The topological polar surface area (TPSA) is 86.7 Å². The van der Waals surface area contributed by atoms with Crippen molar-refractivity contribution >= 4 is 34.6 Å². The number of rotatable bonds is 5. The van der Waals surface area contributed by atoms with Crippen LogP contribution in [0.4, 0.5) is 0 Å². The van der Waals surface area contributed by atoms with Crippen molar-refractivity contribution in [3.63, 3.8) is 0 Å². The lowest BCUT2D eigenvalue weighted by molar-refractivity contribution is -0.0626. The molecule has 0 saturated carbocycles. The summed E-state index contributed by atoms with van der Waals surface area (Å²) in [6, 6.07) is 9.01. The van der Waals surface area contributed by atoms with Crippen LogP contribution in [0.25, 0.3) is 6.08 Å². The van der Waals surface area contributed by atoms with Gasteiger partial charge in [0.15, 0.2) is 5.17 Å². The molecule has 6 nitrogen and oxygen atoms in total. The zero-order valence-electron chi connectivity index (χ0n) is 19.4. The van der Waals surface area contributed by atoms with Crippen molar-refractivity contribution in [2.75, 3.05) is 32.5 Å². The predicted molar refractivity (Wildman–Crippen MR) is 138 cm³/mol. The molecule has 1 aliphatic carbocycles. The van der Waals surface area contributed by atoms with Crippen molar-refractivity contribution in [3.8, 4) is 6.07 Å². The van der Waals surface area contributed by atoms with Gasteiger partial charge in [0.2, 0.25) is 0 Å². The van der Waals surface area contributed by atoms with Gasteiger partial charge in [-0.2, -0.15) is 5.26 Å². The van der Waals surface area contributed by atoms with Crippen LogP contribution in [0.5, 0.6) is 0 Å². The van der Waals surface area contributed by atoms with Crippen LogP contribution in [-0.2, 0) is 4.74 Å². The summed E-state index contributed by atoms with van der Waals surface area (Å²) in [6.07, 6.45) is 8.69. The van der Waals surface area contributed by atoms with E-state index < -0.39 is 0 Å². The fourth-order valence-electron chi connectivity index (χ4n) is 5.56. The number of aliphatic imine (C=N–C) groups is 1. The SMILES string of the molecule is CS/C(N)=N/C1CC(C2CC=Cc3cccc(Cl)c32)OCC1C(C)N1CCN[C@@H](CC#N)C1. The number of nitrogens with two attached hydrogens (primary N) is 1. The number of ether oxygens (including phenoxy) is 1. The van der Waals surface area contributed by atoms with Crippen molar-refractivity contribution in [2.24, 2.45) is 16.6 Å². The molecule has 1 aromatic rings. The zero-order valence-corrected chi connectivity index (χ0v) is 21.0. The Bertz CT molecular complexity index is 932. The van der Waals surface area contributed by atoms with Gasteiger partial charge in [0.1, 0.15) is 0 Å². The lowest BCUT2D eigenvalue weighted by Gasteiger charge is -2.45. The van der Waals surface area contributed by atoms with Gasteiger partial charge in [0.25, 0.3) is 0 Å². The summed E-state index contributed by atoms with van der Waals surface area (Å²) in [6.45, 7) is 5.66. The fraction of sp³-hybridized carbons (Fsp3) is 0.600. The van der Waals surface area contributed by atoms with Crippen LogP contribution >= 0.6 is 23.4 Å². The number of amidine groups is 1. The van der Waals surface area contributed by atoms with Gasteiger partial charge in [-0.15, -0.1) is 0 Å². The summed E-state index contributed by atoms with van der Waals surface area (Å²) >= 11 is 8.14. The van der Waals surface area contributed by atoms with E-state index in [1.807, 2.05) is 18.4 Å². The van der Waals surface area contributed by atoms with E-state index in [1.165, 1.54) is 22.9 Å². The average molecular weight is 488 g/mol. The highest BCUT2D eigenvalue weighted by molar-refractivity contribution is 8.13. The maximum Gasteiger partial charge on any atom is 0.153 e. The van der Waals surface area contributed by atoms with Gasteiger partial charge < -0.3 is 15.8 Å². The van der Waals surface area contributed by atoms with E-state index in [9.17, 15) is 0 Å². The van der Waals surface area contributed by atoms with E-state index in [-0.39, 0.29) is 30.0 Å². The molecular formula is C25H34ClN5OS. The minimum atomic E-state index is 0.0508. The highest BCUT2D eigenvalue weighted by atomic mass is 35.5. The van der Waals surface area contributed by atoms with Gasteiger partial charge in [0.05, 0.1) is 31.2 Å². The van der Waals surface area contributed by atoms with Crippen molar-refractivity contribution in [3.05, 3.63) is 40.4 Å². The number of nitrogens with one attached hydrogen (secondary N) is 1. The molecule has 3 N–H and O–H groups in total. The van der Waals surface area contributed by atoms with Crippen molar-refractivity contribution < 1.29 is 4.74 Å². The number of nitriles is 1. The monoisotopic (exact) mass is 487 g/mol. The summed E-state index contributed by atoms with van der Waals surface area (Å²) in [7, 11) is 0. The van der Waals surface area contributed by atoms with E-state index in [1.54, 1.807) is 0 Å². The number of piperazine rings is 1. The molecule has 1 aromatic carbocycles. The van der Waals surface area contributed by atoms with Crippen LogP contribution in [0.2, 0.25) is 5.02 Å². The molecule has 178 valence electrons. The first-order valence-corrected chi connectivity index (χ1v) is 13.4. The van der Waals surface area contributed by atoms with Crippen LogP contribution in [-0.4, -0.2) is 66.8 Å². The number of benzene rings is 1. The largest absolute Gasteiger partial charge is 0.379 e. The third-order valence-corrected chi connectivity index (χ3v) is 8.24. The van der Waals surface area contributed by atoms with Gasteiger partial charge in [0, 0.05) is 48.6 Å². The Morgan fingerprint density at radius 3 is 3.12 bits per heavy atom. The number of fused-ring (bicyclic) bond motifs is 1. The van der Waals surface area contributed by atoms with Crippen molar-refractivity contribution in [1.29, 1.82) is 5.26 Å². The highest BCUT2D eigenvalue weighted by Gasteiger charge is 2.41. The van der Waals surface area contributed by atoms with E-state index in [0.29, 0.717) is 24.2 Å². The summed E-state index contributed by atoms with van der Waals surface area (Å²) in [5, 5.41) is 14.0. The van der Waals surface area contributed by atoms with E-state index in [4.69, 9.17) is 32.3 Å². The first-order chi connectivity index (χ1) is 16.0. The normalized spacial score (nSPS) is 31.6. The maximum atomic E-state index is 9.13. The van der Waals surface area contributed by atoms with E-state index in [0.717, 1.165) is 37.5 Å². The first-order valence-electron chi connectivity index (χ1n) is 11.8. The second-order valence-corrected chi connectivity index (χ2v) is 10.5. The Balaban J connectivity index is 1.54. The van der Waals surface area contributed by atoms with Crippen LogP contribution in [0, 0.1) is 17.2 Å². The van der Waals surface area contributed by atoms with Gasteiger partial charge in [-0.05, 0) is 43.2 Å². The molecule has 0 bridgehead atoms. The summed E-state index contributed by atoms with van der Waals surface area (Å²) < 4.78 is 6.57. The molecular weight excluding hydrogens is 454 g/mol. The number of allylic oxidation sites excluding steroid dienone is 1. The molecule has 0 radical (unpaired) electrons. The van der Waals surface area contributed by atoms with Gasteiger partial charge in [-0.1, -0.05) is 47.6 Å². The number of hydrogen-bond acceptors (Lipinski definition) is 6. The van der Waals surface area contributed by atoms with Gasteiger partial charge in [-0.3, -0.25) is 9.89 Å². The number of hydrogen-bond donors (Lipinski definition) is 2. The third-order valence-electron chi connectivity index (χ3n) is 7.39. The highest BCUT2D eigenvalue weighted by Crippen LogP contribution is 2.42. The Labute approximate surface area is 206 Å². The van der Waals surface area contributed by atoms with E-state index in [2.05, 4.69) is 41.4 Å². The Morgan fingerprint density at radius 1 is 1.48 bits per heavy atom. The lowest BCUT2D eigenvalue weighted by Crippen LogP contribution is -2.57. The smallest absolute Gasteiger partial charge is 0.153 e. The molecule has 2 heterocycles. The van der Waals surface area contributed by atoms with Crippen LogP contribution in [0.15, 0.2) is 29.3 Å². The summed E-state index contributed by atoms with van der Waals surface area (Å²) in [5.74, 6) is 0.472. The summed E-state index contributed by atoms with van der Waals surface area (Å²) in [5.41, 5.74) is 8.59. The minimum Gasteiger partial charge on any atom is -0.379 e. The number of thioether (sulfide) groups is 1. The Morgan fingerprint density at radius 2 is 2.33 bits per heavy atom. The number of nitrogens with zero attached hydrogens (tertiary/aromatic N) is 3. The minimum absolute atomic E-state index is 0.0508. The number of halogens is 1. The van der Waals surface area contributed by atoms with Crippen LogP contribution in [0.3, 0.4) is 0 Å². The molecule has 2 fully saturated rings. The van der Waals surface area contributed by atoms with E-state index >= 15 is 0 Å². The van der Waals surface area contributed by atoms with Gasteiger partial charge >= 0.3 is 0 Å². The predicted octanol–water partition coefficient (Wildman–Crippen LogP) is 3.87. The molecule has 2 saturated heterocycles.